The monoisotopic (exact) mass is 247 g/mol. The Morgan fingerprint density at radius 1 is 1.33 bits per heavy atom. The third kappa shape index (κ3) is 2.70. The number of rotatable bonds is 4. The van der Waals surface area contributed by atoms with Crippen molar-refractivity contribution in [3.8, 4) is 0 Å². The lowest BCUT2D eigenvalue weighted by molar-refractivity contribution is -0.161. The molecular formula is C14H17NO3. The fourth-order valence-corrected chi connectivity index (χ4v) is 1.76. The summed E-state index contributed by atoms with van der Waals surface area (Å²) >= 11 is 0. The van der Waals surface area contributed by atoms with Gasteiger partial charge in [0.2, 0.25) is 5.60 Å². The van der Waals surface area contributed by atoms with Crippen LogP contribution in [-0.2, 0) is 9.63 Å². The molecule has 0 aromatic heterocycles. The van der Waals surface area contributed by atoms with Crippen LogP contribution in [0.15, 0.2) is 35.5 Å². The van der Waals surface area contributed by atoms with Crippen molar-refractivity contribution >= 4 is 11.7 Å². The van der Waals surface area contributed by atoms with Crippen molar-refractivity contribution in [2.45, 2.75) is 38.2 Å². The quantitative estimate of drug-likeness (QED) is 0.832. The Labute approximate surface area is 106 Å². The van der Waals surface area contributed by atoms with Gasteiger partial charge in [0.05, 0.1) is 5.71 Å². The van der Waals surface area contributed by atoms with E-state index in [9.17, 15) is 4.79 Å². The smallest absolute Gasteiger partial charge is 0.350 e. The Morgan fingerprint density at radius 2 is 1.94 bits per heavy atom. The summed E-state index contributed by atoms with van der Waals surface area (Å²) in [5, 5.41) is 12.8. The van der Waals surface area contributed by atoms with Crippen LogP contribution in [0.4, 0.5) is 0 Å². The number of carbonyl (C=O) groups is 1. The first kappa shape index (κ1) is 12.6. The van der Waals surface area contributed by atoms with Crippen molar-refractivity contribution in [1.82, 2.24) is 0 Å². The minimum Gasteiger partial charge on any atom is -0.478 e. The van der Waals surface area contributed by atoms with Crippen LogP contribution in [0.1, 0.15) is 38.2 Å². The lowest BCUT2D eigenvalue weighted by Crippen LogP contribution is -2.34. The standard InChI is InChI=1S/C14H17NO3/c1-14(2,13(16)17)18-15-12-8-11(9-12)10-6-4-3-5-7-10/h3-7,11H,8-9H2,1-2H3,(H,16,17). The van der Waals surface area contributed by atoms with Crippen molar-refractivity contribution < 1.29 is 14.7 Å². The molecule has 1 aromatic carbocycles. The zero-order valence-corrected chi connectivity index (χ0v) is 10.6. The van der Waals surface area contributed by atoms with Crippen molar-refractivity contribution in [1.29, 1.82) is 0 Å². The Balaban J connectivity index is 1.88. The van der Waals surface area contributed by atoms with Gasteiger partial charge in [-0.2, -0.15) is 0 Å². The van der Waals surface area contributed by atoms with Gasteiger partial charge in [-0.3, -0.25) is 0 Å². The molecule has 1 aromatic rings. The van der Waals surface area contributed by atoms with Crippen molar-refractivity contribution in [2.75, 3.05) is 0 Å². The summed E-state index contributed by atoms with van der Waals surface area (Å²) in [4.78, 5) is 15.9. The van der Waals surface area contributed by atoms with Gasteiger partial charge in [0, 0.05) is 0 Å². The summed E-state index contributed by atoms with van der Waals surface area (Å²) in [7, 11) is 0. The second kappa shape index (κ2) is 4.80. The van der Waals surface area contributed by atoms with E-state index >= 15 is 0 Å². The highest BCUT2D eigenvalue weighted by atomic mass is 16.7. The van der Waals surface area contributed by atoms with E-state index in [1.54, 1.807) is 0 Å². The molecule has 1 saturated carbocycles. The Bertz CT molecular complexity index is 457. The number of carboxylic acids is 1. The molecule has 4 nitrogen and oxygen atoms in total. The van der Waals surface area contributed by atoms with Gasteiger partial charge >= 0.3 is 5.97 Å². The SMILES string of the molecule is CC(C)(ON=C1CC(c2ccccc2)C1)C(=O)O. The predicted octanol–water partition coefficient (Wildman–Crippen LogP) is 2.80. The van der Waals surface area contributed by atoms with E-state index in [4.69, 9.17) is 9.94 Å². The zero-order valence-electron chi connectivity index (χ0n) is 10.6. The minimum absolute atomic E-state index is 0.487. The van der Waals surface area contributed by atoms with Crippen LogP contribution in [0.25, 0.3) is 0 Å². The molecule has 0 unspecified atom stereocenters. The molecule has 4 heteroatoms. The van der Waals surface area contributed by atoms with Gasteiger partial charge in [0.25, 0.3) is 0 Å². The van der Waals surface area contributed by atoms with Crippen LogP contribution in [0.5, 0.6) is 0 Å². The largest absolute Gasteiger partial charge is 0.478 e. The highest BCUT2D eigenvalue weighted by Crippen LogP contribution is 2.34. The number of nitrogens with zero attached hydrogens (tertiary/aromatic N) is 1. The first-order chi connectivity index (χ1) is 8.49. The summed E-state index contributed by atoms with van der Waals surface area (Å²) in [5.41, 5.74) is 0.970. The lowest BCUT2D eigenvalue weighted by Gasteiger charge is -2.28. The Morgan fingerprint density at radius 3 is 2.50 bits per heavy atom. The van der Waals surface area contributed by atoms with E-state index in [2.05, 4.69) is 17.3 Å². The molecule has 0 radical (unpaired) electrons. The van der Waals surface area contributed by atoms with E-state index in [0.29, 0.717) is 5.92 Å². The summed E-state index contributed by atoms with van der Waals surface area (Å²) in [6, 6.07) is 10.2. The van der Waals surface area contributed by atoms with Gasteiger partial charge in [0.15, 0.2) is 0 Å². The fraction of sp³-hybridized carbons (Fsp3) is 0.429. The molecule has 96 valence electrons. The Kier molecular flexibility index (Phi) is 3.36. The molecule has 0 spiro atoms. The van der Waals surface area contributed by atoms with Crippen LogP contribution in [0.3, 0.4) is 0 Å². The molecule has 2 rings (SSSR count). The molecule has 1 aliphatic rings. The van der Waals surface area contributed by atoms with Crippen molar-refractivity contribution in [2.24, 2.45) is 5.16 Å². The van der Waals surface area contributed by atoms with E-state index in [1.807, 2.05) is 18.2 Å². The van der Waals surface area contributed by atoms with Gasteiger partial charge in [-0.1, -0.05) is 35.5 Å². The van der Waals surface area contributed by atoms with Gasteiger partial charge in [-0.25, -0.2) is 4.79 Å². The van der Waals surface area contributed by atoms with E-state index in [-0.39, 0.29) is 0 Å². The molecular weight excluding hydrogens is 230 g/mol. The summed E-state index contributed by atoms with van der Waals surface area (Å²) in [5.74, 6) is -0.521. The molecule has 0 heterocycles. The maximum atomic E-state index is 10.8. The van der Waals surface area contributed by atoms with Gasteiger partial charge < -0.3 is 9.94 Å². The fourth-order valence-electron chi connectivity index (χ4n) is 1.76. The number of oxime groups is 1. The molecule has 0 saturated heterocycles. The average Bonchev–Trinajstić information content (AvgIpc) is 2.28. The number of benzene rings is 1. The molecule has 0 aliphatic heterocycles. The zero-order chi connectivity index (χ0) is 13.2. The maximum Gasteiger partial charge on any atom is 0.350 e. The second-order valence-corrected chi connectivity index (χ2v) is 5.08. The Hall–Kier alpha value is -1.84. The molecule has 1 fully saturated rings. The molecule has 1 N–H and O–H groups in total. The van der Waals surface area contributed by atoms with E-state index in [1.165, 1.54) is 19.4 Å². The number of hydrogen-bond acceptors (Lipinski definition) is 3. The molecule has 0 bridgehead atoms. The summed E-state index contributed by atoms with van der Waals surface area (Å²) in [6.45, 7) is 2.99. The number of carboxylic acid groups (broad SMARTS) is 1. The molecule has 1 aliphatic carbocycles. The van der Waals surface area contributed by atoms with Gasteiger partial charge in [-0.05, 0) is 38.2 Å². The van der Waals surface area contributed by atoms with Crippen LogP contribution >= 0.6 is 0 Å². The average molecular weight is 247 g/mol. The van der Waals surface area contributed by atoms with Crippen LogP contribution < -0.4 is 0 Å². The predicted molar refractivity (Wildman–Crippen MR) is 68.7 cm³/mol. The van der Waals surface area contributed by atoms with Gasteiger partial charge in [-0.15, -0.1) is 0 Å². The molecule has 18 heavy (non-hydrogen) atoms. The normalized spacial score (nSPS) is 19.0. The van der Waals surface area contributed by atoms with Crippen molar-refractivity contribution in [3.63, 3.8) is 0 Å². The topological polar surface area (TPSA) is 58.9 Å². The first-order valence-corrected chi connectivity index (χ1v) is 6.01. The van der Waals surface area contributed by atoms with E-state index in [0.717, 1.165) is 18.6 Å². The first-order valence-electron chi connectivity index (χ1n) is 6.01. The summed E-state index contributed by atoms with van der Waals surface area (Å²) < 4.78 is 0. The second-order valence-electron chi connectivity index (χ2n) is 5.08. The maximum absolute atomic E-state index is 10.8. The van der Waals surface area contributed by atoms with Crippen molar-refractivity contribution in [3.05, 3.63) is 35.9 Å². The van der Waals surface area contributed by atoms with Crippen LogP contribution in [-0.4, -0.2) is 22.4 Å². The van der Waals surface area contributed by atoms with Crippen LogP contribution in [0.2, 0.25) is 0 Å². The number of aliphatic carboxylic acids is 1. The molecule has 0 atom stereocenters. The molecule has 0 amide bonds. The summed E-state index contributed by atoms with van der Waals surface area (Å²) in [6.07, 6.45) is 1.69. The van der Waals surface area contributed by atoms with E-state index < -0.39 is 11.6 Å². The lowest BCUT2D eigenvalue weighted by atomic mass is 9.78. The highest BCUT2D eigenvalue weighted by molar-refractivity contribution is 5.91. The van der Waals surface area contributed by atoms with Crippen LogP contribution in [0, 0.1) is 0 Å². The number of hydrogen-bond donors (Lipinski definition) is 1. The third-order valence-corrected chi connectivity index (χ3v) is 3.15. The highest BCUT2D eigenvalue weighted by Gasteiger charge is 2.32. The van der Waals surface area contributed by atoms with Gasteiger partial charge in [0.1, 0.15) is 0 Å². The third-order valence-electron chi connectivity index (χ3n) is 3.15. The minimum atomic E-state index is -1.26.